The smallest absolute Gasteiger partial charge is 0.270 e. The molecule has 0 aliphatic carbocycles. The Kier molecular flexibility index (Phi) is 5.04. The molecular formula is C21H26N8O3. The summed E-state index contributed by atoms with van der Waals surface area (Å²) in [5.41, 5.74) is 2.26. The number of carbonyl (C=O) groups is 2. The molecule has 168 valence electrons. The second kappa shape index (κ2) is 7.90. The molecule has 1 unspecified atom stereocenters. The van der Waals surface area contributed by atoms with Crippen molar-refractivity contribution in [2.45, 2.75) is 45.2 Å². The van der Waals surface area contributed by atoms with E-state index < -0.39 is 5.60 Å². The van der Waals surface area contributed by atoms with E-state index in [1.54, 1.807) is 16.9 Å². The molecule has 1 fully saturated rings. The molecule has 1 spiro atoms. The molecule has 2 amide bonds. The number of likely N-dealkylation sites (tertiary alicyclic amines) is 1. The summed E-state index contributed by atoms with van der Waals surface area (Å²) in [5.74, 6) is -0.193. The summed E-state index contributed by atoms with van der Waals surface area (Å²) in [5, 5.41) is 15.6. The minimum atomic E-state index is -0.463. The van der Waals surface area contributed by atoms with E-state index in [1.807, 2.05) is 46.4 Å². The third kappa shape index (κ3) is 3.48. The summed E-state index contributed by atoms with van der Waals surface area (Å²) < 4.78 is 11.6. The monoisotopic (exact) mass is 438 g/mol. The molecule has 1 atom stereocenters. The molecule has 32 heavy (non-hydrogen) atoms. The van der Waals surface area contributed by atoms with Crippen LogP contribution in [0.5, 0.6) is 0 Å². The summed E-state index contributed by atoms with van der Waals surface area (Å²) in [7, 11) is 1.87. The van der Waals surface area contributed by atoms with Gasteiger partial charge in [0.25, 0.3) is 11.8 Å². The van der Waals surface area contributed by atoms with Gasteiger partial charge in [-0.1, -0.05) is 5.21 Å². The quantitative estimate of drug-likeness (QED) is 0.624. The van der Waals surface area contributed by atoms with E-state index in [1.165, 1.54) is 0 Å². The Morgan fingerprint density at radius 1 is 1.25 bits per heavy atom. The normalized spacial score (nSPS) is 20.0. The van der Waals surface area contributed by atoms with Gasteiger partial charge in [0.15, 0.2) is 0 Å². The number of ether oxygens (including phenoxy) is 1. The lowest BCUT2D eigenvalue weighted by atomic mass is 10.0. The van der Waals surface area contributed by atoms with Crippen molar-refractivity contribution >= 4 is 11.8 Å². The van der Waals surface area contributed by atoms with E-state index in [-0.39, 0.29) is 18.4 Å². The van der Waals surface area contributed by atoms with E-state index in [0.717, 1.165) is 12.1 Å². The van der Waals surface area contributed by atoms with Gasteiger partial charge in [-0.05, 0) is 31.5 Å². The SMILES string of the molecule is CCn1nccc1C(=O)NCc1nnn2c1COC1(CCN(C(=O)c3cccn3C)C1)C2. The van der Waals surface area contributed by atoms with Crippen LogP contribution in [0.15, 0.2) is 30.6 Å². The maximum Gasteiger partial charge on any atom is 0.270 e. The maximum absolute atomic E-state index is 12.9. The first-order chi connectivity index (χ1) is 15.5. The van der Waals surface area contributed by atoms with Crippen LogP contribution in [0.1, 0.15) is 45.7 Å². The number of rotatable bonds is 5. The molecule has 11 nitrogen and oxygen atoms in total. The minimum absolute atomic E-state index is 0.0112. The number of amides is 2. The number of aryl methyl sites for hydroxylation is 2. The fraction of sp³-hybridized carbons (Fsp3) is 0.476. The van der Waals surface area contributed by atoms with Crippen molar-refractivity contribution in [3.63, 3.8) is 0 Å². The Morgan fingerprint density at radius 3 is 2.91 bits per heavy atom. The Hall–Kier alpha value is -3.47. The minimum Gasteiger partial charge on any atom is -0.365 e. The molecule has 11 heteroatoms. The molecule has 3 aromatic rings. The first-order valence-corrected chi connectivity index (χ1v) is 10.8. The summed E-state index contributed by atoms with van der Waals surface area (Å²) in [6, 6.07) is 5.39. The predicted molar refractivity (Wildman–Crippen MR) is 113 cm³/mol. The molecule has 3 aromatic heterocycles. The van der Waals surface area contributed by atoms with Gasteiger partial charge in [0.2, 0.25) is 0 Å². The second-order valence-corrected chi connectivity index (χ2v) is 8.31. The summed E-state index contributed by atoms with van der Waals surface area (Å²) >= 11 is 0. The van der Waals surface area contributed by atoms with Gasteiger partial charge in [0.05, 0.1) is 31.9 Å². The van der Waals surface area contributed by atoms with Gasteiger partial charge < -0.3 is 19.5 Å². The highest BCUT2D eigenvalue weighted by molar-refractivity contribution is 5.93. The second-order valence-electron chi connectivity index (χ2n) is 8.31. The molecule has 5 heterocycles. The van der Waals surface area contributed by atoms with E-state index in [9.17, 15) is 9.59 Å². The fourth-order valence-corrected chi connectivity index (χ4v) is 4.47. The number of fused-ring (bicyclic) bond motifs is 1. The molecule has 5 rings (SSSR count). The topological polar surface area (TPSA) is 112 Å². The highest BCUT2D eigenvalue weighted by Gasteiger charge is 2.45. The molecule has 1 N–H and O–H groups in total. The molecule has 2 aliphatic rings. The van der Waals surface area contributed by atoms with Crippen LogP contribution in [0.4, 0.5) is 0 Å². The molecule has 0 bridgehead atoms. The van der Waals surface area contributed by atoms with Gasteiger partial charge >= 0.3 is 0 Å². The maximum atomic E-state index is 12.9. The van der Waals surface area contributed by atoms with Crippen LogP contribution in [-0.4, -0.2) is 64.7 Å². The van der Waals surface area contributed by atoms with Crippen LogP contribution in [0.2, 0.25) is 0 Å². The van der Waals surface area contributed by atoms with Crippen molar-refractivity contribution in [2.75, 3.05) is 13.1 Å². The first-order valence-electron chi connectivity index (χ1n) is 10.8. The molecular weight excluding hydrogens is 412 g/mol. The highest BCUT2D eigenvalue weighted by atomic mass is 16.5. The van der Waals surface area contributed by atoms with Gasteiger partial charge in [0.1, 0.15) is 22.7 Å². The van der Waals surface area contributed by atoms with Gasteiger partial charge in [-0.15, -0.1) is 5.10 Å². The standard InChI is InChI=1S/C21H26N8O3/c1-3-28-16(6-8-23-28)19(30)22-11-15-18-12-32-21(14-29(18)25-24-15)7-10-27(13-21)20(31)17-5-4-9-26(17)2/h4-6,8-9H,3,7,10-14H2,1-2H3,(H,22,30). The average Bonchev–Trinajstić information content (AvgIpc) is 3.58. The van der Waals surface area contributed by atoms with Gasteiger partial charge in [-0.25, -0.2) is 4.68 Å². The number of hydrogen-bond donors (Lipinski definition) is 1. The highest BCUT2D eigenvalue weighted by Crippen LogP contribution is 2.33. The van der Waals surface area contributed by atoms with Crippen molar-refractivity contribution in [3.05, 3.63) is 53.4 Å². The van der Waals surface area contributed by atoms with Crippen LogP contribution in [-0.2, 0) is 38.0 Å². The van der Waals surface area contributed by atoms with E-state index in [0.29, 0.717) is 49.9 Å². The Labute approximate surface area is 184 Å². The van der Waals surface area contributed by atoms with Crippen LogP contribution < -0.4 is 5.32 Å². The van der Waals surface area contributed by atoms with Crippen molar-refractivity contribution in [2.24, 2.45) is 7.05 Å². The Bertz CT molecular complexity index is 1160. The third-order valence-electron chi connectivity index (χ3n) is 6.30. The first kappa shape index (κ1) is 20.4. The summed E-state index contributed by atoms with van der Waals surface area (Å²) in [4.78, 5) is 27.2. The molecule has 0 radical (unpaired) electrons. The number of aromatic nitrogens is 6. The van der Waals surface area contributed by atoms with Crippen LogP contribution >= 0.6 is 0 Å². The zero-order chi connectivity index (χ0) is 22.3. The molecule has 1 saturated heterocycles. The number of carbonyl (C=O) groups excluding carboxylic acids is 2. The third-order valence-corrected chi connectivity index (χ3v) is 6.30. The Morgan fingerprint density at radius 2 is 2.12 bits per heavy atom. The van der Waals surface area contributed by atoms with E-state index in [4.69, 9.17) is 4.74 Å². The van der Waals surface area contributed by atoms with Gasteiger partial charge in [-0.3, -0.25) is 14.3 Å². The molecule has 0 saturated carbocycles. The molecule has 2 aliphatic heterocycles. The number of nitrogens with zero attached hydrogens (tertiary/aromatic N) is 7. The van der Waals surface area contributed by atoms with Gasteiger partial charge in [-0.2, -0.15) is 5.10 Å². The lowest BCUT2D eigenvalue weighted by molar-refractivity contribution is -0.0828. The van der Waals surface area contributed by atoms with Crippen molar-refractivity contribution in [1.82, 2.24) is 39.6 Å². The predicted octanol–water partition coefficient (Wildman–Crippen LogP) is 0.578. The van der Waals surface area contributed by atoms with Crippen LogP contribution in [0, 0.1) is 0 Å². The van der Waals surface area contributed by atoms with Gasteiger partial charge in [0, 0.05) is 32.5 Å². The largest absolute Gasteiger partial charge is 0.365 e. The van der Waals surface area contributed by atoms with Crippen molar-refractivity contribution in [1.29, 1.82) is 0 Å². The lowest BCUT2D eigenvalue weighted by Gasteiger charge is -2.34. The zero-order valence-electron chi connectivity index (χ0n) is 18.2. The number of nitrogens with one attached hydrogen (secondary N) is 1. The number of hydrogen-bond acceptors (Lipinski definition) is 6. The molecule has 0 aromatic carbocycles. The van der Waals surface area contributed by atoms with Crippen LogP contribution in [0.3, 0.4) is 0 Å². The van der Waals surface area contributed by atoms with E-state index in [2.05, 4.69) is 20.7 Å². The average molecular weight is 438 g/mol. The summed E-state index contributed by atoms with van der Waals surface area (Å²) in [6.07, 6.45) is 4.23. The lowest BCUT2D eigenvalue weighted by Crippen LogP contribution is -2.45. The van der Waals surface area contributed by atoms with Crippen molar-refractivity contribution in [3.8, 4) is 0 Å². The van der Waals surface area contributed by atoms with Crippen molar-refractivity contribution < 1.29 is 14.3 Å². The van der Waals surface area contributed by atoms with Crippen LogP contribution in [0.25, 0.3) is 0 Å². The zero-order valence-corrected chi connectivity index (χ0v) is 18.2. The summed E-state index contributed by atoms with van der Waals surface area (Å²) in [6.45, 7) is 4.85. The Balaban J connectivity index is 1.24. The fourth-order valence-electron chi connectivity index (χ4n) is 4.47. The van der Waals surface area contributed by atoms with E-state index >= 15 is 0 Å².